The van der Waals surface area contributed by atoms with Crippen LogP contribution in [-0.4, -0.2) is 47.6 Å². The molecule has 47 heavy (non-hydrogen) atoms. The van der Waals surface area contributed by atoms with Crippen molar-refractivity contribution in [3.63, 3.8) is 0 Å². The molecule has 0 bridgehead atoms. The molecule has 4 rings (SSSR count). The van der Waals surface area contributed by atoms with E-state index >= 15 is 0 Å². The SMILES string of the molecule is CCCN(C[C@H]1CC[C@H](C(=O)O)CC1)c1ccc(OC(F)(F)F)cc1CN1C(=O)O[C@H](c2cc(C(F)(F)F)cc(C(F)(F)F)c2)[C@@H]1C. The molecule has 2 aliphatic rings. The first-order valence-corrected chi connectivity index (χ1v) is 14.9. The number of anilines is 1. The van der Waals surface area contributed by atoms with Gasteiger partial charge in [-0.15, -0.1) is 13.2 Å². The van der Waals surface area contributed by atoms with Crippen molar-refractivity contribution in [2.75, 3.05) is 18.0 Å². The van der Waals surface area contributed by atoms with Gasteiger partial charge in [-0.3, -0.25) is 9.69 Å². The maximum Gasteiger partial charge on any atom is 0.573 e. The molecule has 0 aromatic heterocycles. The lowest BCUT2D eigenvalue weighted by molar-refractivity contribution is -0.274. The molecule has 1 aliphatic heterocycles. The van der Waals surface area contributed by atoms with Gasteiger partial charge in [-0.05, 0) is 92.5 Å². The number of ether oxygens (including phenoxy) is 2. The van der Waals surface area contributed by atoms with Crippen LogP contribution < -0.4 is 9.64 Å². The van der Waals surface area contributed by atoms with Crippen molar-refractivity contribution in [1.82, 2.24) is 4.90 Å². The number of nitrogens with zero attached hydrogens (tertiary/aromatic N) is 2. The van der Waals surface area contributed by atoms with Gasteiger partial charge < -0.3 is 19.5 Å². The van der Waals surface area contributed by atoms with Crippen LogP contribution in [0.1, 0.15) is 74.3 Å². The molecule has 1 aliphatic carbocycles. The summed E-state index contributed by atoms with van der Waals surface area (Å²) in [5, 5.41) is 9.34. The van der Waals surface area contributed by atoms with Crippen molar-refractivity contribution in [2.24, 2.45) is 11.8 Å². The lowest BCUT2D eigenvalue weighted by Gasteiger charge is -2.34. The molecule has 2 atom stereocenters. The van der Waals surface area contributed by atoms with Gasteiger partial charge in [0.05, 0.1) is 29.6 Å². The Labute approximate surface area is 264 Å². The number of carbonyl (C=O) groups excluding carboxylic acids is 1. The van der Waals surface area contributed by atoms with Gasteiger partial charge >= 0.3 is 30.8 Å². The zero-order valence-corrected chi connectivity index (χ0v) is 25.3. The minimum absolute atomic E-state index is 0.0441. The second-order valence-corrected chi connectivity index (χ2v) is 11.9. The predicted molar refractivity (Wildman–Crippen MR) is 149 cm³/mol. The summed E-state index contributed by atoms with van der Waals surface area (Å²) in [4.78, 5) is 27.4. The quantitative estimate of drug-likeness (QED) is 0.252. The zero-order chi connectivity index (χ0) is 34.9. The van der Waals surface area contributed by atoms with Gasteiger partial charge in [0.1, 0.15) is 11.9 Å². The lowest BCUT2D eigenvalue weighted by atomic mass is 9.81. The van der Waals surface area contributed by atoms with Gasteiger partial charge in [-0.2, -0.15) is 26.3 Å². The fourth-order valence-electron chi connectivity index (χ4n) is 6.16. The van der Waals surface area contributed by atoms with Gasteiger partial charge in [-0.1, -0.05) is 6.92 Å². The molecule has 0 unspecified atom stereocenters. The average Bonchev–Trinajstić information content (AvgIpc) is 3.24. The Hall–Kier alpha value is -3.85. The minimum atomic E-state index is -5.13. The molecule has 1 amide bonds. The highest BCUT2D eigenvalue weighted by Crippen LogP contribution is 2.42. The predicted octanol–water partition coefficient (Wildman–Crippen LogP) is 8.81. The molecule has 2 fully saturated rings. The van der Waals surface area contributed by atoms with Crippen molar-refractivity contribution < 1.29 is 63.7 Å². The van der Waals surface area contributed by atoms with Crippen LogP contribution in [0, 0.1) is 11.8 Å². The van der Waals surface area contributed by atoms with E-state index in [-0.39, 0.29) is 17.5 Å². The molecule has 1 saturated heterocycles. The normalized spacial score (nSPS) is 22.3. The third-order valence-electron chi connectivity index (χ3n) is 8.46. The molecule has 1 saturated carbocycles. The molecule has 0 spiro atoms. The Morgan fingerprint density at radius 3 is 2.06 bits per heavy atom. The van der Waals surface area contributed by atoms with E-state index < -0.39 is 77.8 Å². The Balaban J connectivity index is 1.67. The van der Waals surface area contributed by atoms with Crippen LogP contribution in [-0.2, 0) is 28.4 Å². The molecular weight excluding hydrogens is 651 g/mol. The van der Waals surface area contributed by atoms with Crippen LogP contribution in [0.5, 0.6) is 5.75 Å². The summed E-state index contributed by atoms with van der Waals surface area (Å²) in [5.41, 5.74) is -3.12. The van der Waals surface area contributed by atoms with Crippen LogP contribution in [0.25, 0.3) is 0 Å². The summed E-state index contributed by atoms with van der Waals surface area (Å²) in [5.74, 6) is -1.86. The number of carbonyl (C=O) groups is 2. The Kier molecular flexibility index (Phi) is 10.5. The fourth-order valence-corrected chi connectivity index (χ4v) is 6.16. The minimum Gasteiger partial charge on any atom is -0.481 e. The van der Waals surface area contributed by atoms with Gasteiger partial charge in [-0.25, -0.2) is 4.79 Å². The lowest BCUT2D eigenvalue weighted by Crippen LogP contribution is -2.35. The standard InChI is InChI=1S/C31H33F9N2O5/c1-3-10-41(15-18-4-6-19(7-5-18)27(43)44)25-9-8-24(47-31(38,39)40)13-21(25)16-42-17(2)26(46-28(42)45)20-11-22(29(32,33)34)14-23(12-20)30(35,36)37/h8-9,11-14,17-19,26H,3-7,10,15-16H2,1-2H3,(H,43,44)/t17-,18-,19-,26-/m0/s1. The number of carboxylic acid groups (broad SMARTS) is 1. The van der Waals surface area contributed by atoms with E-state index in [1.165, 1.54) is 13.0 Å². The molecule has 0 radical (unpaired) electrons. The molecule has 2 aromatic rings. The third-order valence-corrected chi connectivity index (χ3v) is 8.46. The molecule has 1 heterocycles. The van der Waals surface area contributed by atoms with Gasteiger partial charge in [0, 0.05) is 18.8 Å². The summed E-state index contributed by atoms with van der Waals surface area (Å²) in [6.07, 6.45) is -15.2. The first-order chi connectivity index (χ1) is 21.8. The topological polar surface area (TPSA) is 79.3 Å². The van der Waals surface area contributed by atoms with Crippen molar-refractivity contribution in [3.8, 4) is 5.75 Å². The van der Waals surface area contributed by atoms with Crippen LogP contribution in [0.15, 0.2) is 36.4 Å². The number of cyclic esters (lactones) is 1. The van der Waals surface area contributed by atoms with E-state index in [4.69, 9.17) is 4.74 Å². The Bertz CT molecular complexity index is 1400. The molecular formula is C31H33F9N2O5. The number of halogens is 9. The number of carboxylic acids is 1. The third kappa shape index (κ3) is 8.95. The smallest absolute Gasteiger partial charge is 0.481 e. The van der Waals surface area contributed by atoms with E-state index in [0.29, 0.717) is 63.0 Å². The number of hydrogen-bond donors (Lipinski definition) is 1. The van der Waals surface area contributed by atoms with Crippen molar-refractivity contribution in [2.45, 2.75) is 83.4 Å². The maximum atomic E-state index is 13.5. The van der Waals surface area contributed by atoms with Crippen LogP contribution in [0.3, 0.4) is 0 Å². The number of amides is 1. The second-order valence-electron chi connectivity index (χ2n) is 11.9. The fraction of sp³-hybridized carbons (Fsp3) is 0.548. The number of rotatable bonds is 10. The number of alkyl halides is 9. The summed E-state index contributed by atoms with van der Waals surface area (Å²) >= 11 is 0. The van der Waals surface area contributed by atoms with Crippen LogP contribution in [0.4, 0.5) is 50.0 Å². The summed E-state index contributed by atoms with van der Waals surface area (Å²) in [6.45, 7) is 3.70. The molecule has 1 N–H and O–H groups in total. The number of benzene rings is 2. The van der Waals surface area contributed by atoms with E-state index in [1.54, 1.807) is 0 Å². The number of hydrogen-bond acceptors (Lipinski definition) is 5. The van der Waals surface area contributed by atoms with Crippen LogP contribution in [0.2, 0.25) is 0 Å². The van der Waals surface area contributed by atoms with Crippen LogP contribution >= 0.6 is 0 Å². The Morgan fingerprint density at radius 2 is 1.55 bits per heavy atom. The van der Waals surface area contributed by atoms with Crippen molar-refractivity contribution in [1.29, 1.82) is 0 Å². The summed E-state index contributed by atoms with van der Waals surface area (Å²) in [7, 11) is 0. The highest BCUT2D eigenvalue weighted by atomic mass is 19.4. The first kappa shape index (κ1) is 36.0. The highest BCUT2D eigenvalue weighted by molar-refractivity contribution is 5.72. The monoisotopic (exact) mass is 684 g/mol. The largest absolute Gasteiger partial charge is 0.573 e. The van der Waals surface area contributed by atoms with Gasteiger partial charge in [0.15, 0.2) is 0 Å². The van der Waals surface area contributed by atoms with E-state index in [9.17, 15) is 54.2 Å². The maximum absolute atomic E-state index is 13.5. The summed E-state index contributed by atoms with van der Waals surface area (Å²) < 4.78 is 130. The number of aliphatic carboxylic acids is 1. The average molecular weight is 685 g/mol. The van der Waals surface area contributed by atoms with Gasteiger partial charge in [0.25, 0.3) is 0 Å². The highest BCUT2D eigenvalue weighted by Gasteiger charge is 2.44. The van der Waals surface area contributed by atoms with Crippen molar-refractivity contribution in [3.05, 3.63) is 58.7 Å². The first-order valence-electron chi connectivity index (χ1n) is 14.9. The van der Waals surface area contributed by atoms with E-state index in [1.807, 2.05) is 11.8 Å². The molecule has 2 aromatic carbocycles. The van der Waals surface area contributed by atoms with E-state index in [0.717, 1.165) is 17.0 Å². The second kappa shape index (κ2) is 13.7. The molecule has 260 valence electrons. The molecule has 16 heteroatoms. The Morgan fingerprint density at radius 1 is 0.957 bits per heavy atom. The zero-order valence-electron chi connectivity index (χ0n) is 25.3. The van der Waals surface area contributed by atoms with Gasteiger partial charge in [0.2, 0.25) is 0 Å². The van der Waals surface area contributed by atoms with E-state index in [2.05, 4.69) is 4.74 Å². The van der Waals surface area contributed by atoms with Crippen molar-refractivity contribution >= 4 is 17.7 Å². The molecule has 7 nitrogen and oxygen atoms in total. The summed E-state index contributed by atoms with van der Waals surface area (Å²) in [6, 6.07) is 3.34.